The molecule has 1 saturated heterocycles. The summed E-state index contributed by atoms with van der Waals surface area (Å²) in [4.78, 5) is 2.55. The zero-order valence-electron chi connectivity index (χ0n) is 13.9. The summed E-state index contributed by atoms with van der Waals surface area (Å²) in [6.07, 6.45) is 4.77. The summed E-state index contributed by atoms with van der Waals surface area (Å²) in [6.45, 7) is 14.9. The van der Waals surface area contributed by atoms with E-state index in [1.807, 2.05) is 27.7 Å². The van der Waals surface area contributed by atoms with Crippen LogP contribution in [-0.4, -0.2) is 41.3 Å². The van der Waals surface area contributed by atoms with Gasteiger partial charge in [-0.1, -0.05) is 27.7 Å². The predicted molar refractivity (Wildman–Crippen MR) is 84.3 cm³/mol. The molecule has 0 aromatic rings. The highest BCUT2D eigenvalue weighted by Crippen LogP contribution is 2.49. The van der Waals surface area contributed by atoms with Gasteiger partial charge in [-0.25, -0.2) is 0 Å². The molecule has 116 valence electrons. The Hall–Kier alpha value is -0.120. The Morgan fingerprint density at radius 3 is 1.68 bits per heavy atom. The van der Waals surface area contributed by atoms with E-state index in [0.29, 0.717) is 17.5 Å². The van der Waals surface area contributed by atoms with Crippen LogP contribution in [0.1, 0.15) is 67.2 Å². The van der Waals surface area contributed by atoms with Crippen molar-refractivity contribution in [1.82, 2.24) is 4.90 Å². The maximum absolute atomic E-state index is 9.33. The van der Waals surface area contributed by atoms with Crippen molar-refractivity contribution in [3.8, 4) is 0 Å². The van der Waals surface area contributed by atoms with Crippen LogP contribution in [-0.2, 0) is 0 Å². The Kier molecular flexibility index (Phi) is 8.88. The molecule has 0 unspecified atom stereocenters. The first-order valence-electron chi connectivity index (χ1n) is 8.02. The summed E-state index contributed by atoms with van der Waals surface area (Å²) in [5.41, 5.74) is 5.66. The highest BCUT2D eigenvalue weighted by atomic mass is 16.3. The molecule has 2 fully saturated rings. The third-order valence-electron chi connectivity index (χ3n) is 3.93. The first-order valence-corrected chi connectivity index (χ1v) is 8.02. The summed E-state index contributed by atoms with van der Waals surface area (Å²) in [7, 11) is 0. The summed E-state index contributed by atoms with van der Waals surface area (Å²) in [5, 5.41) is 9.33. The summed E-state index contributed by atoms with van der Waals surface area (Å²) >= 11 is 0. The molecule has 0 radical (unpaired) electrons. The lowest BCUT2D eigenvalue weighted by Gasteiger charge is -2.51. The van der Waals surface area contributed by atoms with Crippen LogP contribution in [0.3, 0.4) is 0 Å². The predicted octanol–water partition coefficient (Wildman–Crippen LogP) is 3.01. The number of hydrogen-bond acceptors (Lipinski definition) is 3. The molecule has 3 nitrogen and oxygen atoms in total. The molecule has 0 aromatic heterocycles. The van der Waals surface area contributed by atoms with Gasteiger partial charge in [0.1, 0.15) is 0 Å². The number of piperidine rings is 1. The number of hydrogen-bond donors (Lipinski definition) is 2. The first-order chi connectivity index (χ1) is 8.84. The lowest BCUT2D eigenvalue weighted by molar-refractivity contribution is -0.0715. The molecule has 1 saturated carbocycles. The van der Waals surface area contributed by atoms with E-state index in [4.69, 9.17) is 5.73 Å². The minimum atomic E-state index is 0.0191. The Morgan fingerprint density at radius 2 is 1.42 bits per heavy atom. The fourth-order valence-corrected chi connectivity index (χ4v) is 2.86. The Morgan fingerprint density at radius 1 is 1.05 bits per heavy atom. The molecular weight excluding hydrogens is 236 g/mol. The van der Waals surface area contributed by atoms with Crippen molar-refractivity contribution in [2.45, 2.75) is 85.4 Å². The van der Waals surface area contributed by atoms with E-state index in [0.717, 1.165) is 12.8 Å². The lowest BCUT2D eigenvalue weighted by Crippen LogP contribution is -2.50. The van der Waals surface area contributed by atoms with Crippen LogP contribution < -0.4 is 5.73 Å². The molecule has 3 N–H and O–H groups in total. The smallest absolute Gasteiger partial charge is 0.0550 e. The van der Waals surface area contributed by atoms with Crippen LogP contribution >= 0.6 is 0 Å². The third-order valence-corrected chi connectivity index (χ3v) is 3.93. The van der Waals surface area contributed by atoms with Gasteiger partial charge in [0, 0.05) is 6.04 Å². The third kappa shape index (κ3) is 6.73. The zero-order chi connectivity index (χ0) is 15.1. The Balaban J connectivity index is 0.000000467. The van der Waals surface area contributed by atoms with Crippen LogP contribution in [0.4, 0.5) is 0 Å². The average molecular weight is 272 g/mol. The maximum atomic E-state index is 9.33. The van der Waals surface area contributed by atoms with Crippen LogP contribution in [0.25, 0.3) is 0 Å². The molecule has 2 rings (SSSR count). The average Bonchev–Trinajstić information content (AvgIpc) is 2.30. The second-order valence-electron chi connectivity index (χ2n) is 6.44. The molecule has 1 aliphatic carbocycles. The van der Waals surface area contributed by atoms with Gasteiger partial charge >= 0.3 is 0 Å². The number of rotatable bonds is 1. The second-order valence-corrected chi connectivity index (χ2v) is 6.44. The highest BCUT2D eigenvalue weighted by molar-refractivity contribution is 4.97. The molecule has 1 aliphatic heterocycles. The van der Waals surface area contributed by atoms with Gasteiger partial charge in [-0.2, -0.15) is 0 Å². The van der Waals surface area contributed by atoms with Crippen molar-refractivity contribution >= 4 is 0 Å². The molecule has 0 amide bonds. The normalized spacial score (nSPS) is 22.4. The molecule has 1 spiro atoms. The molecular formula is C16H36N2O. The largest absolute Gasteiger partial charge is 0.393 e. The van der Waals surface area contributed by atoms with Crippen molar-refractivity contribution in [2.24, 2.45) is 11.1 Å². The molecule has 0 bridgehead atoms. The van der Waals surface area contributed by atoms with Gasteiger partial charge in [0.15, 0.2) is 0 Å². The van der Waals surface area contributed by atoms with E-state index in [2.05, 4.69) is 18.7 Å². The van der Waals surface area contributed by atoms with Crippen molar-refractivity contribution in [3.63, 3.8) is 0 Å². The molecule has 2 aliphatic rings. The molecule has 0 atom stereocenters. The molecule has 19 heavy (non-hydrogen) atoms. The Labute approximate surface area is 120 Å². The van der Waals surface area contributed by atoms with Gasteiger partial charge in [-0.15, -0.1) is 0 Å². The lowest BCUT2D eigenvalue weighted by atomic mass is 9.61. The minimum Gasteiger partial charge on any atom is -0.393 e. The van der Waals surface area contributed by atoms with Gasteiger partial charge in [0.2, 0.25) is 0 Å². The minimum absolute atomic E-state index is 0.0191. The number of aliphatic hydroxyl groups excluding tert-OH is 1. The Bertz CT molecular complexity index is 210. The number of aliphatic hydroxyl groups is 1. The van der Waals surface area contributed by atoms with Crippen LogP contribution in [0.5, 0.6) is 0 Å². The summed E-state index contributed by atoms with van der Waals surface area (Å²) < 4.78 is 0. The van der Waals surface area contributed by atoms with Crippen molar-refractivity contribution in [1.29, 1.82) is 0 Å². The molecule has 0 aromatic carbocycles. The SMILES string of the molecule is CC.CC(C)N.CC(C)N1CCC2(CC1)CC(O)C2. The van der Waals surface area contributed by atoms with Gasteiger partial charge in [-0.05, 0) is 64.1 Å². The maximum Gasteiger partial charge on any atom is 0.0550 e. The van der Waals surface area contributed by atoms with E-state index in [9.17, 15) is 5.11 Å². The van der Waals surface area contributed by atoms with Crippen molar-refractivity contribution < 1.29 is 5.11 Å². The first kappa shape index (κ1) is 18.9. The highest BCUT2D eigenvalue weighted by Gasteiger charge is 2.45. The molecule has 3 heteroatoms. The molecule has 1 heterocycles. The van der Waals surface area contributed by atoms with Gasteiger partial charge in [0.25, 0.3) is 0 Å². The monoisotopic (exact) mass is 272 g/mol. The number of likely N-dealkylation sites (tertiary alicyclic amines) is 1. The quantitative estimate of drug-likeness (QED) is 0.771. The topological polar surface area (TPSA) is 49.5 Å². The number of nitrogens with zero attached hydrogens (tertiary/aromatic N) is 1. The summed E-state index contributed by atoms with van der Waals surface area (Å²) in [5.74, 6) is 0. The van der Waals surface area contributed by atoms with E-state index in [1.165, 1.54) is 25.9 Å². The number of nitrogens with two attached hydrogens (primary N) is 1. The standard InChI is InChI=1S/C11H21NO.C3H9N.C2H6/c1-9(2)12-5-3-11(4-6-12)7-10(13)8-11;1-3(2)4;1-2/h9-10,13H,3-8H2,1-2H3;3H,4H2,1-2H3;1-2H3. The van der Waals surface area contributed by atoms with Crippen molar-refractivity contribution in [2.75, 3.05) is 13.1 Å². The fourth-order valence-electron chi connectivity index (χ4n) is 2.86. The zero-order valence-corrected chi connectivity index (χ0v) is 13.9. The summed E-state index contributed by atoms with van der Waals surface area (Å²) in [6, 6.07) is 1.03. The van der Waals surface area contributed by atoms with Gasteiger partial charge in [-0.3, -0.25) is 0 Å². The van der Waals surface area contributed by atoms with E-state index >= 15 is 0 Å². The van der Waals surface area contributed by atoms with Gasteiger partial charge < -0.3 is 15.7 Å². The van der Waals surface area contributed by atoms with E-state index < -0.39 is 0 Å². The van der Waals surface area contributed by atoms with Crippen LogP contribution in [0.15, 0.2) is 0 Å². The van der Waals surface area contributed by atoms with Crippen LogP contribution in [0, 0.1) is 5.41 Å². The fraction of sp³-hybridized carbons (Fsp3) is 1.00. The van der Waals surface area contributed by atoms with E-state index in [1.54, 1.807) is 0 Å². The van der Waals surface area contributed by atoms with Crippen LogP contribution in [0.2, 0.25) is 0 Å². The second kappa shape index (κ2) is 8.93. The van der Waals surface area contributed by atoms with Crippen molar-refractivity contribution in [3.05, 3.63) is 0 Å². The van der Waals surface area contributed by atoms with E-state index in [-0.39, 0.29) is 6.10 Å². The van der Waals surface area contributed by atoms with Gasteiger partial charge in [0.05, 0.1) is 6.10 Å².